The van der Waals surface area contributed by atoms with Crippen molar-refractivity contribution in [1.29, 1.82) is 0 Å². The van der Waals surface area contributed by atoms with Gasteiger partial charge in [-0.15, -0.1) is 0 Å². The van der Waals surface area contributed by atoms with Gasteiger partial charge in [0.1, 0.15) is 5.69 Å². The third kappa shape index (κ3) is 3.55. The second kappa shape index (κ2) is 6.45. The van der Waals surface area contributed by atoms with Crippen LogP contribution in [0.2, 0.25) is 0 Å². The molecule has 124 valence electrons. The lowest BCUT2D eigenvalue weighted by molar-refractivity contribution is 0.0976. The summed E-state index contributed by atoms with van der Waals surface area (Å²) in [6.45, 7) is 1.78. The number of aryl methyl sites for hydroxylation is 2. The largest absolute Gasteiger partial charge is 0.285 e. The molecule has 0 spiro atoms. The highest BCUT2D eigenvalue weighted by Gasteiger charge is 2.24. The molecule has 2 rings (SSSR count). The first-order chi connectivity index (χ1) is 10.8. The number of aromatic nitrogens is 2. The molecular formula is C14H15F2N3O3S. The monoisotopic (exact) mass is 343 g/mol. The molecule has 6 nitrogen and oxygen atoms in total. The highest BCUT2D eigenvalue weighted by atomic mass is 32.2. The molecule has 0 aliphatic heterocycles. The van der Waals surface area contributed by atoms with Crippen molar-refractivity contribution < 1.29 is 22.0 Å². The number of halogens is 2. The summed E-state index contributed by atoms with van der Waals surface area (Å²) in [6.07, 6.45) is -2.35. The topological polar surface area (TPSA) is 81.1 Å². The van der Waals surface area contributed by atoms with Gasteiger partial charge in [-0.25, -0.2) is 21.9 Å². The highest BCUT2D eigenvalue weighted by Crippen LogP contribution is 2.20. The SMILES string of the molecule is CCc1ccccc1S(=O)(=O)NC(=O)c1cc(C(F)F)n(C)n1. The van der Waals surface area contributed by atoms with Crippen molar-refractivity contribution in [3.63, 3.8) is 0 Å². The van der Waals surface area contributed by atoms with Crippen LogP contribution in [0.15, 0.2) is 35.2 Å². The minimum Gasteiger partial charge on any atom is -0.266 e. The number of benzene rings is 1. The van der Waals surface area contributed by atoms with E-state index in [0.29, 0.717) is 12.0 Å². The van der Waals surface area contributed by atoms with Crippen LogP contribution in [0.5, 0.6) is 0 Å². The van der Waals surface area contributed by atoms with E-state index in [0.717, 1.165) is 10.7 Å². The number of hydrogen-bond acceptors (Lipinski definition) is 4. The zero-order valence-corrected chi connectivity index (χ0v) is 13.3. The Hall–Kier alpha value is -2.29. The predicted octanol–water partition coefficient (Wildman–Crippen LogP) is 2.04. The summed E-state index contributed by atoms with van der Waals surface area (Å²) in [5.74, 6) is -1.06. The summed E-state index contributed by atoms with van der Waals surface area (Å²) in [5.41, 5.74) is -0.316. The van der Waals surface area contributed by atoms with Crippen LogP contribution in [0.1, 0.15) is 35.1 Å². The number of carbonyl (C=O) groups is 1. The quantitative estimate of drug-likeness (QED) is 0.901. The zero-order valence-electron chi connectivity index (χ0n) is 12.5. The van der Waals surface area contributed by atoms with E-state index < -0.39 is 28.0 Å². The van der Waals surface area contributed by atoms with Gasteiger partial charge in [0.25, 0.3) is 22.4 Å². The molecule has 1 aromatic heterocycles. The van der Waals surface area contributed by atoms with Gasteiger partial charge in [0.05, 0.1) is 4.90 Å². The summed E-state index contributed by atoms with van der Waals surface area (Å²) < 4.78 is 52.7. The molecule has 23 heavy (non-hydrogen) atoms. The molecule has 0 fully saturated rings. The average molecular weight is 343 g/mol. The fourth-order valence-corrected chi connectivity index (χ4v) is 3.36. The molecule has 0 saturated carbocycles. The summed E-state index contributed by atoms with van der Waals surface area (Å²) in [7, 11) is -2.86. The van der Waals surface area contributed by atoms with E-state index in [2.05, 4.69) is 5.10 Å². The molecule has 0 atom stereocenters. The number of nitrogens with one attached hydrogen (secondary N) is 1. The third-order valence-electron chi connectivity index (χ3n) is 3.24. The van der Waals surface area contributed by atoms with Crippen LogP contribution in [0, 0.1) is 0 Å². The van der Waals surface area contributed by atoms with Crippen LogP contribution in [0.25, 0.3) is 0 Å². The molecule has 1 aromatic carbocycles. The van der Waals surface area contributed by atoms with Gasteiger partial charge in [-0.2, -0.15) is 5.10 Å². The van der Waals surface area contributed by atoms with Gasteiger partial charge in [-0.1, -0.05) is 25.1 Å². The van der Waals surface area contributed by atoms with E-state index in [4.69, 9.17) is 0 Å². The number of hydrogen-bond donors (Lipinski definition) is 1. The Bertz CT molecular complexity index is 832. The molecule has 0 radical (unpaired) electrons. The summed E-state index contributed by atoms with van der Waals surface area (Å²) in [6, 6.07) is 7.09. The van der Waals surface area contributed by atoms with Crippen LogP contribution in [-0.2, 0) is 23.5 Å². The predicted molar refractivity (Wildman–Crippen MR) is 78.6 cm³/mol. The van der Waals surface area contributed by atoms with Gasteiger partial charge in [0, 0.05) is 7.05 Å². The Morgan fingerprint density at radius 1 is 1.35 bits per heavy atom. The van der Waals surface area contributed by atoms with E-state index in [9.17, 15) is 22.0 Å². The molecular weight excluding hydrogens is 328 g/mol. The third-order valence-corrected chi connectivity index (χ3v) is 4.67. The Morgan fingerprint density at radius 2 is 2.00 bits per heavy atom. The second-order valence-corrected chi connectivity index (χ2v) is 6.43. The number of alkyl halides is 2. The van der Waals surface area contributed by atoms with Crippen LogP contribution >= 0.6 is 0 Å². The van der Waals surface area contributed by atoms with Crippen molar-refractivity contribution in [2.75, 3.05) is 0 Å². The van der Waals surface area contributed by atoms with Crippen LogP contribution in [-0.4, -0.2) is 24.1 Å². The maximum atomic E-state index is 12.7. The van der Waals surface area contributed by atoms with E-state index in [1.807, 2.05) is 4.72 Å². The van der Waals surface area contributed by atoms with Crippen LogP contribution < -0.4 is 4.72 Å². The van der Waals surface area contributed by atoms with E-state index >= 15 is 0 Å². The second-order valence-electron chi connectivity index (χ2n) is 4.77. The normalized spacial score (nSPS) is 11.7. The lowest BCUT2D eigenvalue weighted by atomic mass is 10.2. The molecule has 2 aromatic rings. The Labute approximate surface area is 132 Å². The maximum absolute atomic E-state index is 12.7. The molecule has 0 unspecified atom stereocenters. The molecule has 0 bridgehead atoms. The van der Waals surface area contributed by atoms with Gasteiger partial charge in [-0.05, 0) is 24.1 Å². The number of nitrogens with zero attached hydrogens (tertiary/aromatic N) is 2. The van der Waals surface area contributed by atoms with Gasteiger partial charge < -0.3 is 0 Å². The lowest BCUT2D eigenvalue weighted by Crippen LogP contribution is -2.31. The van der Waals surface area contributed by atoms with Crippen molar-refractivity contribution in [2.24, 2.45) is 7.05 Å². The Balaban J connectivity index is 2.30. The van der Waals surface area contributed by atoms with Gasteiger partial charge in [0.15, 0.2) is 5.69 Å². The first-order valence-electron chi connectivity index (χ1n) is 6.73. The number of carbonyl (C=O) groups excluding carboxylic acids is 1. The minimum absolute atomic E-state index is 0.0270. The zero-order chi connectivity index (χ0) is 17.2. The fourth-order valence-electron chi connectivity index (χ4n) is 2.08. The molecule has 1 heterocycles. The van der Waals surface area contributed by atoms with Gasteiger partial charge in [0.2, 0.25) is 0 Å². The summed E-state index contributed by atoms with van der Waals surface area (Å²) >= 11 is 0. The molecule has 0 aliphatic rings. The molecule has 9 heteroatoms. The van der Waals surface area contributed by atoms with E-state index in [1.54, 1.807) is 19.1 Å². The molecule has 0 aliphatic carbocycles. The number of rotatable bonds is 5. The first-order valence-corrected chi connectivity index (χ1v) is 8.21. The van der Waals surface area contributed by atoms with Crippen molar-refractivity contribution >= 4 is 15.9 Å². The number of amides is 1. The molecule has 1 amide bonds. The summed E-state index contributed by atoms with van der Waals surface area (Å²) in [5, 5.41) is 3.61. The van der Waals surface area contributed by atoms with E-state index in [1.165, 1.54) is 19.2 Å². The average Bonchev–Trinajstić information content (AvgIpc) is 2.89. The highest BCUT2D eigenvalue weighted by molar-refractivity contribution is 7.90. The van der Waals surface area contributed by atoms with Crippen molar-refractivity contribution in [3.8, 4) is 0 Å². The Kier molecular flexibility index (Phi) is 4.79. The van der Waals surface area contributed by atoms with Crippen LogP contribution in [0.3, 0.4) is 0 Å². The van der Waals surface area contributed by atoms with Gasteiger partial charge in [-0.3, -0.25) is 9.48 Å². The smallest absolute Gasteiger partial charge is 0.266 e. The van der Waals surface area contributed by atoms with Crippen molar-refractivity contribution in [2.45, 2.75) is 24.7 Å². The summed E-state index contributed by atoms with van der Waals surface area (Å²) in [4.78, 5) is 12.0. The maximum Gasteiger partial charge on any atom is 0.285 e. The molecule has 1 N–H and O–H groups in total. The minimum atomic E-state index is -4.11. The first kappa shape index (κ1) is 17.1. The fraction of sp³-hybridized carbons (Fsp3) is 0.286. The molecule has 0 saturated heterocycles. The van der Waals surface area contributed by atoms with Crippen molar-refractivity contribution in [1.82, 2.24) is 14.5 Å². The standard InChI is InChI=1S/C14H15F2N3O3S/c1-3-9-6-4-5-7-12(9)23(21,22)18-14(20)10-8-11(13(15)16)19(2)17-10/h4-8,13H,3H2,1-2H3,(H,18,20). The van der Waals surface area contributed by atoms with Gasteiger partial charge >= 0.3 is 0 Å². The van der Waals surface area contributed by atoms with Crippen LogP contribution in [0.4, 0.5) is 8.78 Å². The van der Waals surface area contributed by atoms with Crippen molar-refractivity contribution in [3.05, 3.63) is 47.3 Å². The lowest BCUT2D eigenvalue weighted by Gasteiger charge is -2.09. The number of sulfonamides is 1. The van der Waals surface area contributed by atoms with E-state index in [-0.39, 0.29) is 10.6 Å². The Morgan fingerprint density at radius 3 is 2.57 bits per heavy atom.